The fourth-order valence-corrected chi connectivity index (χ4v) is 4.37. The summed E-state index contributed by atoms with van der Waals surface area (Å²) in [5.41, 5.74) is 0. The van der Waals surface area contributed by atoms with E-state index in [4.69, 9.17) is 0 Å². The van der Waals surface area contributed by atoms with E-state index in [0.29, 0.717) is 0 Å². The van der Waals surface area contributed by atoms with Crippen molar-refractivity contribution in [3.05, 3.63) is 60.7 Å². The van der Waals surface area contributed by atoms with E-state index in [9.17, 15) is 0 Å². The molecule has 0 bridgehead atoms. The SMILES string of the molecule is c1cc2c3c(c1)ccc1ccc4cccc(c4c13)S2. The lowest BCUT2D eigenvalue weighted by molar-refractivity contribution is 1.48. The molecule has 0 N–H and O–H groups in total. The third-order valence-corrected chi connectivity index (χ3v) is 5.13. The van der Waals surface area contributed by atoms with Crippen LogP contribution >= 0.6 is 11.8 Å². The quantitative estimate of drug-likeness (QED) is 0.325. The molecule has 0 saturated carbocycles. The normalized spacial score (nSPS) is 13.1. The van der Waals surface area contributed by atoms with Gasteiger partial charge in [0.05, 0.1) is 0 Å². The van der Waals surface area contributed by atoms with Crippen LogP contribution in [-0.2, 0) is 0 Å². The Morgan fingerprint density at radius 1 is 0.474 bits per heavy atom. The van der Waals surface area contributed by atoms with Crippen molar-refractivity contribution in [1.82, 2.24) is 0 Å². The van der Waals surface area contributed by atoms with E-state index >= 15 is 0 Å². The molecule has 0 aliphatic carbocycles. The first-order chi connectivity index (χ1) is 9.42. The standard InChI is InChI=1S/C18H10S/c1-3-11-7-9-13-10-8-12-4-2-6-15-17(12)18(13)16(11)14(5-1)19-15/h1-10H. The highest BCUT2D eigenvalue weighted by molar-refractivity contribution is 8.00. The highest BCUT2D eigenvalue weighted by Crippen LogP contribution is 2.47. The Morgan fingerprint density at radius 2 is 0.947 bits per heavy atom. The first kappa shape index (κ1) is 9.88. The Hall–Kier alpha value is -1.99. The Kier molecular flexibility index (Phi) is 1.72. The fourth-order valence-electron chi connectivity index (χ4n) is 3.19. The summed E-state index contributed by atoms with van der Waals surface area (Å²) in [4.78, 5) is 2.77. The van der Waals surface area contributed by atoms with Gasteiger partial charge in [-0.05, 0) is 33.7 Å². The lowest BCUT2D eigenvalue weighted by Gasteiger charge is -2.18. The molecule has 1 heteroatoms. The second-order valence-corrected chi connectivity index (χ2v) is 6.12. The lowest BCUT2D eigenvalue weighted by atomic mass is 9.96. The summed E-state index contributed by atoms with van der Waals surface area (Å²) in [5, 5.41) is 8.32. The molecule has 1 heterocycles. The van der Waals surface area contributed by atoms with Crippen molar-refractivity contribution >= 4 is 44.1 Å². The molecule has 5 rings (SSSR count). The van der Waals surface area contributed by atoms with Crippen molar-refractivity contribution in [3.63, 3.8) is 0 Å². The summed E-state index contributed by atoms with van der Waals surface area (Å²) in [7, 11) is 0. The minimum atomic E-state index is 1.35. The largest absolute Gasteiger partial charge is 0.0888 e. The van der Waals surface area contributed by atoms with Gasteiger partial charge in [-0.25, -0.2) is 0 Å². The van der Waals surface area contributed by atoms with Crippen molar-refractivity contribution in [2.75, 3.05) is 0 Å². The average molecular weight is 258 g/mol. The predicted octanol–water partition coefficient (Wildman–Crippen LogP) is 5.61. The van der Waals surface area contributed by atoms with E-state index in [2.05, 4.69) is 60.7 Å². The van der Waals surface area contributed by atoms with Crippen LogP contribution in [0.1, 0.15) is 0 Å². The lowest BCUT2D eigenvalue weighted by Crippen LogP contribution is -1.90. The van der Waals surface area contributed by atoms with Gasteiger partial charge in [0.25, 0.3) is 0 Å². The molecular formula is C18H10S. The van der Waals surface area contributed by atoms with Gasteiger partial charge in [0.1, 0.15) is 0 Å². The van der Waals surface area contributed by atoms with E-state index in [0.717, 1.165) is 0 Å². The summed E-state index contributed by atoms with van der Waals surface area (Å²) in [6.45, 7) is 0. The molecule has 0 amide bonds. The van der Waals surface area contributed by atoms with Gasteiger partial charge in [-0.2, -0.15) is 0 Å². The van der Waals surface area contributed by atoms with Gasteiger partial charge >= 0.3 is 0 Å². The molecule has 0 aromatic heterocycles. The zero-order valence-electron chi connectivity index (χ0n) is 10.2. The monoisotopic (exact) mass is 258 g/mol. The minimum Gasteiger partial charge on any atom is -0.0888 e. The number of benzene rings is 4. The van der Waals surface area contributed by atoms with Crippen LogP contribution in [0.2, 0.25) is 0 Å². The summed E-state index contributed by atoms with van der Waals surface area (Å²) in [6.07, 6.45) is 0. The van der Waals surface area contributed by atoms with Crippen molar-refractivity contribution in [2.45, 2.75) is 9.79 Å². The van der Waals surface area contributed by atoms with Crippen LogP contribution < -0.4 is 0 Å². The van der Waals surface area contributed by atoms with E-state index in [1.165, 1.54) is 42.1 Å². The Labute approximate surface area is 115 Å². The van der Waals surface area contributed by atoms with Crippen LogP contribution in [-0.4, -0.2) is 0 Å². The molecule has 0 fully saturated rings. The van der Waals surface area contributed by atoms with Crippen LogP contribution in [0.4, 0.5) is 0 Å². The number of rotatable bonds is 0. The first-order valence-electron chi connectivity index (χ1n) is 6.47. The fraction of sp³-hybridized carbons (Fsp3) is 0. The molecule has 0 saturated heterocycles. The maximum Gasteiger partial charge on any atom is 0.0207 e. The molecular weight excluding hydrogens is 248 g/mol. The van der Waals surface area contributed by atoms with Crippen LogP contribution in [0, 0.1) is 0 Å². The van der Waals surface area contributed by atoms with Gasteiger partial charge in [-0.3, -0.25) is 0 Å². The summed E-state index contributed by atoms with van der Waals surface area (Å²) >= 11 is 1.90. The van der Waals surface area contributed by atoms with Gasteiger partial charge in [-0.15, -0.1) is 0 Å². The predicted molar refractivity (Wildman–Crippen MR) is 83.1 cm³/mol. The van der Waals surface area contributed by atoms with Crippen molar-refractivity contribution in [1.29, 1.82) is 0 Å². The van der Waals surface area contributed by atoms with Crippen LogP contribution in [0.25, 0.3) is 32.3 Å². The van der Waals surface area contributed by atoms with Gasteiger partial charge in [0, 0.05) is 20.6 Å². The highest BCUT2D eigenvalue weighted by Gasteiger charge is 2.17. The van der Waals surface area contributed by atoms with Crippen LogP contribution in [0.15, 0.2) is 70.5 Å². The Bertz CT molecular complexity index is 906. The summed E-state index contributed by atoms with van der Waals surface area (Å²) in [6, 6.07) is 22.2. The molecule has 0 atom stereocenters. The molecule has 4 aromatic carbocycles. The molecule has 4 aromatic rings. The van der Waals surface area contributed by atoms with Crippen molar-refractivity contribution in [2.24, 2.45) is 0 Å². The molecule has 0 nitrogen and oxygen atoms in total. The van der Waals surface area contributed by atoms with E-state index < -0.39 is 0 Å². The zero-order chi connectivity index (χ0) is 12.4. The molecule has 1 aliphatic heterocycles. The van der Waals surface area contributed by atoms with Gasteiger partial charge in [-0.1, -0.05) is 60.3 Å². The van der Waals surface area contributed by atoms with Crippen LogP contribution in [0.5, 0.6) is 0 Å². The second-order valence-electron chi connectivity index (χ2n) is 5.04. The third-order valence-electron chi connectivity index (χ3n) is 4.01. The third kappa shape index (κ3) is 1.16. The molecule has 1 aliphatic rings. The molecule has 0 unspecified atom stereocenters. The highest BCUT2D eigenvalue weighted by atomic mass is 32.2. The number of hydrogen-bond acceptors (Lipinski definition) is 1. The van der Waals surface area contributed by atoms with Gasteiger partial charge in [0.2, 0.25) is 0 Å². The molecule has 0 spiro atoms. The molecule has 0 radical (unpaired) electrons. The van der Waals surface area contributed by atoms with Crippen LogP contribution in [0.3, 0.4) is 0 Å². The summed E-state index contributed by atoms with van der Waals surface area (Å²) in [5.74, 6) is 0. The average Bonchev–Trinajstić information content (AvgIpc) is 2.47. The number of hydrogen-bond donors (Lipinski definition) is 0. The Morgan fingerprint density at radius 3 is 1.47 bits per heavy atom. The zero-order valence-corrected chi connectivity index (χ0v) is 11.0. The maximum absolute atomic E-state index is 2.24. The van der Waals surface area contributed by atoms with E-state index in [-0.39, 0.29) is 0 Å². The topological polar surface area (TPSA) is 0 Å². The van der Waals surface area contributed by atoms with Crippen molar-refractivity contribution in [3.8, 4) is 0 Å². The Balaban J connectivity index is 2.26. The second kappa shape index (κ2) is 3.31. The van der Waals surface area contributed by atoms with Gasteiger partial charge < -0.3 is 0 Å². The molecule has 19 heavy (non-hydrogen) atoms. The van der Waals surface area contributed by atoms with E-state index in [1.807, 2.05) is 11.8 Å². The van der Waals surface area contributed by atoms with E-state index in [1.54, 1.807) is 0 Å². The smallest absolute Gasteiger partial charge is 0.0207 e. The maximum atomic E-state index is 2.24. The molecule has 88 valence electrons. The van der Waals surface area contributed by atoms with Gasteiger partial charge in [0.15, 0.2) is 0 Å². The first-order valence-corrected chi connectivity index (χ1v) is 7.28. The summed E-state index contributed by atoms with van der Waals surface area (Å²) < 4.78 is 0. The minimum absolute atomic E-state index is 1.35. The van der Waals surface area contributed by atoms with Crippen molar-refractivity contribution < 1.29 is 0 Å².